The number of likely N-dealkylation sites (N-methyl/N-ethyl adjacent to an activating group) is 1. The average Bonchev–Trinajstić information content (AvgIpc) is 2.96. The van der Waals surface area contributed by atoms with Gasteiger partial charge >= 0.3 is 0 Å². The lowest BCUT2D eigenvalue weighted by atomic mass is 10.2. The van der Waals surface area contributed by atoms with Gasteiger partial charge in [-0.2, -0.15) is 0 Å². The number of rotatable bonds is 8. The molecule has 1 heterocycles. The first-order valence-corrected chi connectivity index (χ1v) is 7.13. The van der Waals surface area contributed by atoms with E-state index < -0.39 is 0 Å². The molecule has 1 aromatic heterocycles. The highest BCUT2D eigenvalue weighted by molar-refractivity contribution is 5.77. The Kier molecular flexibility index (Phi) is 6.12. The van der Waals surface area contributed by atoms with Gasteiger partial charge < -0.3 is 14.5 Å². The monoisotopic (exact) mass is 303 g/mol. The maximum atomic E-state index is 11.7. The highest BCUT2D eigenvalue weighted by Gasteiger charge is 2.11. The molecule has 0 radical (unpaired) electrons. The Hall–Kier alpha value is -2.18. The third kappa shape index (κ3) is 4.98. The number of nitrogens with zero attached hydrogens (tertiary/aromatic N) is 2. The molecule has 0 aliphatic rings. The van der Waals surface area contributed by atoms with Crippen molar-refractivity contribution >= 4 is 5.91 Å². The highest BCUT2D eigenvalue weighted by Crippen LogP contribution is 2.18. The molecule has 0 saturated heterocycles. The van der Waals surface area contributed by atoms with Crippen LogP contribution in [0.1, 0.15) is 5.69 Å². The van der Waals surface area contributed by atoms with Crippen LogP contribution in [0.3, 0.4) is 0 Å². The molecule has 0 aliphatic carbocycles. The molecular weight excluding hydrogens is 282 g/mol. The number of carbonyl (C=O) groups is 1. The molecule has 2 rings (SSSR count). The van der Waals surface area contributed by atoms with E-state index in [-0.39, 0.29) is 5.91 Å². The van der Waals surface area contributed by atoms with Crippen LogP contribution in [0.2, 0.25) is 0 Å². The second kappa shape index (κ2) is 8.31. The summed E-state index contributed by atoms with van der Waals surface area (Å²) in [7, 11) is 3.47. The van der Waals surface area contributed by atoms with Crippen LogP contribution in [0.5, 0.6) is 0 Å². The number of benzene rings is 1. The van der Waals surface area contributed by atoms with Crippen molar-refractivity contribution in [2.24, 2.45) is 0 Å². The summed E-state index contributed by atoms with van der Waals surface area (Å²) in [6.07, 6.45) is 1.63. The van der Waals surface area contributed by atoms with E-state index in [1.165, 1.54) is 0 Å². The molecule has 22 heavy (non-hydrogen) atoms. The highest BCUT2D eigenvalue weighted by atomic mass is 16.5. The van der Waals surface area contributed by atoms with Gasteiger partial charge in [0.1, 0.15) is 6.26 Å². The van der Waals surface area contributed by atoms with E-state index in [0.717, 1.165) is 11.3 Å². The quantitative estimate of drug-likeness (QED) is 0.749. The molecular formula is C16H21N3O3. The molecule has 6 heteroatoms. The van der Waals surface area contributed by atoms with E-state index >= 15 is 0 Å². The summed E-state index contributed by atoms with van der Waals surface area (Å²) in [5.41, 5.74) is 1.74. The Balaban J connectivity index is 1.83. The van der Waals surface area contributed by atoms with Crippen molar-refractivity contribution in [3.05, 3.63) is 42.3 Å². The van der Waals surface area contributed by atoms with Crippen LogP contribution in [-0.2, 0) is 16.1 Å². The van der Waals surface area contributed by atoms with Crippen molar-refractivity contribution in [2.45, 2.75) is 6.54 Å². The third-order valence-electron chi connectivity index (χ3n) is 3.05. The van der Waals surface area contributed by atoms with Gasteiger partial charge in [0.2, 0.25) is 11.8 Å². The zero-order chi connectivity index (χ0) is 15.8. The molecule has 0 fully saturated rings. The van der Waals surface area contributed by atoms with Crippen molar-refractivity contribution in [2.75, 3.05) is 33.9 Å². The van der Waals surface area contributed by atoms with Crippen LogP contribution < -0.4 is 5.32 Å². The number of oxazole rings is 1. The van der Waals surface area contributed by atoms with Crippen LogP contribution in [-0.4, -0.2) is 49.6 Å². The fourth-order valence-corrected chi connectivity index (χ4v) is 2.02. The lowest BCUT2D eigenvalue weighted by Gasteiger charge is -2.14. The van der Waals surface area contributed by atoms with Crippen molar-refractivity contribution in [3.63, 3.8) is 0 Å². The summed E-state index contributed by atoms with van der Waals surface area (Å²) in [4.78, 5) is 18.0. The van der Waals surface area contributed by atoms with Crippen molar-refractivity contribution in [1.29, 1.82) is 0 Å². The van der Waals surface area contributed by atoms with Gasteiger partial charge in [-0.15, -0.1) is 0 Å². The van der Waals surface area contributed by atoms with Crippen molar-refractivity contribution in [1.82, 2.24) is 15.2 Å². The fraction of sp³-hybridized carbons (Fsp3) is 0.375. The molecule has 1 aromatic carbocycles. The summed E-state index contributed by atoms with van der Waals surface area (Å²) >= 11 is 0. The Morgan fingerprint density at radius 2 is 2.14 bits per heavy atom. The van der Waals surface area contributed by atoms with Gasteiger partial charge in [-0.05, 0) is 19.2 Å². The smallest absolute Gasteiger partial charge is 0.234 e. The lowest BCUT2D eigenvalue weighted by Crippen LogP contribution is -2.36. The Bertz CT molecular complexity index is 583. The summed E-state index contributed by atoms with van der Waals surface area (Å²) in [6.45, 7) is 1.88. The van der Waals surface area contributed by atoms with E-state index in [4.69, 9.17) is 9.15 Å². The van der Waals surface area contributed by atoms with Gasteiger partial charge in [0, 0.05) is 25.8 Å². The SMILES string of the molecule is COCCNC(=O)CN(C)Cc1coc(-c2ccccc2)n1. The maximum Gasteiger partial charge on any atom is 0.234 e. The molecule has 1 N–H and O–H groups in total. The van der Waals surface area contributed by atoms with Gasteiger partial charge in [-0.1, -0.05) is 18.2 Å². The second-order valence-corrected chi connectivity index (χ2v) is 5.03. The third-order valence-corrected chi connectivity index (χ3v) is 3.05. The van der Waals surface area contributed by atoms with E-state index in [1.807, 2.05) is 42.3 Å². The predicted octanol–water partition coefficient (Wildman–Crippen LogP) is 1.54. The standard InChI is InChI=1S/C16H21N3O3/c1-19(11-15(20)17-8-9-21-2)10-14-12-22-16(18-14)13-6-4-3-5-7-13/h3-7,12H,8-11H2,1-2H3,(H,17,20). The maximum absolute atomic E-state index is 11.7. The first-order valence-electron chi connectivity index (χ1n) is 7.13. The summed E-state index contributed by atoms with van der Waals surface area (Å²) in [6, 6.07) is 9.72. The van der Waals surface area contributed by atoms with Crippen LogP contribution >= 0.6 is 0 Å². The van der Waals surface area contributed by atoms with Crippen molar-refractivity contribution < 1.29 is 13.9 Å². The van der Waals surface area contributed by atoms with E-state index in [2.05, 4.69) is 10.3 Å². The van der Waals surface area contributed by atoms with E-state index in [1.54, 1.807) is 13.4 Å². The molecule has 0 bridgehead atoms. The number of hydrogen-bond acceptors (Lipinski definition) is 5. The number of carbonyl (C=O) groups excluding carboxylic acids is 1. The number of amides is 1. The topological polar surface area (TPSA) is 67.6 Å². The van der Waals surface area contributed by atoms with E-state index in [0.29, 0.717) is 32.1 Å². The number of hydrogen-bond donors (Lipinski definition) is 1. The first-order chi connectivity index (χ1) is 10.7. The predicted molar refractivity (Wildman–Crippen MR) is 83.2 cm³/mol. The zero-order valence-corrected chi connectivity index (χ0v) is 12.9. The molecule has 118 valence electrons. The largest absolute Gasteiger partial charge is 0.444 e. The van der Waals surface area contributed by atoms with Gasteiger partial charge in [-0.25, -0.2) is 4.98 Å². The summed E-state index contributed by atoms with van der Waals surface area (Å²) < 4.78 is 10.4. The molecule has 0 unspecified atom stereocenters. The molecule has 0 atom stereocenters. The van der Waals surface area contributed by atoms with Crippen LogP contribution in [0.15, 0.2) is 41.0 Å². The second-order valence-electron chi connectivity index (χ2n) is 5.03. The Morgan fingerprint density at radius 3 is 2.86 bits per heavy atom. The van der Waals surface area contributed by atoms with E-state index in [9.17, 15) is 4.79 Å². The molecule has 0 spiro atoms. The van der Waals surface area contributed by atoms with Crippen LogP contribution in [0, 0.1) is 0 Å². The minimum Gasteiger partial charge on any atom is -0.444 e. The number of ether oxygens (including phenoxy) is 1. The van der Waals surface area contributed by atoms with Gasteiger partial charge in [0.25, 0.3) is 0 Å². The first kappa shape index (κ1) is 16.2. The van der Waals surface area contributed by atoms with Crippen LogP contribution in [0.25, 0.3) is 11.5 Å². The minimum atomic E-state index is -0.0358. The number of methoxy groups -OCH3 is 1. The van der Waals surface area contributed by atoms with Gasteiger partial charge in [0.05, 0.1) is 18.8 Å². The molecule has 2 aromatic rings. The number of nitrogens with one attached hydrogen (secondary N) is 1. The lowest BCUT2D eigenvalue weighted by molar-refractivity contribution is -0.122. The molecule has 0 saturated carbocycles. The Labute approximate surface area is 130 Å². The fourth-order valence-electron chi connectivity index (χ4n) is 2.02. The summed E-state index contributed by atoms with van der Waals surface area (Å²) in [5.74, 6) is 0.555. The molecule has 0 aliphatic heterocycles. The molecule has 6 nitrogen and oxygen atoms in total. The van der Waals surface area contributed by atoms with Crippen molar-refractivity contribution in [3.8, 4) is 11.5 Å². The normalized spacial score (nSPS) is 10.9. The molecule has 1 amide bonds. The average molecular weight is 303 g/mol. The minimum absolute atomic E-state index is 0.0358. The number of aromatic nitrogens is 1. The van der Waals surface area contributed by atoms with Gasteiger partial charge in [0.15, 0.2) is 0 Å². The summed E-state index contributed by atoms with van der Waals surface area (Å²) in [5, 5.41) is 2.78. The zero-order valence-electron chi connectivity index (χ0n) is 12.9. The van der Waals surface area contributed by atoms with Crippen LogP contribution in [0.4, 0.5) is 0 Å². The van der Waals surface area contributed by atoms with Gasteiger partial charge in [-0.3, -0.25) is 9.69 Å². The Morgan fingerprint density at radius 1 is 1.36 bits per heavy atom.